The van der Waals surface area contributed by atoms with Crippen LogP contribution < -0.4 is 10.6 Å². The minimum absolute atomic E-state index is 0.141. The normalized spacial score (nSPS) is 25.6. The van der Waals surface area contributed by atoms with Gasteiger partial charge in [-0.05, 0) is 56.4 Å². The summed E-state index contributed by atoms with van der Waals surface area (Å²) in [4.78, 5) is 2.37. The number of hydrogen-bond acceptors (Lipinski definition) is 2. The fourth-order valence-corrected chi connectivity index (χ4v) is 2.93. The number of rotatable bonds is 2. The van der Waals surface area contributed by atoms with E-state index in [2.05, 4.69) is 18.7 Å². The number of benzene rings is 1. The lowest BCUT2D eigenvalue weighted by atomic mass is 10.0. The van der Waals surface area contributed by atoms with Crippen molar-refractivity contribution in [3.63, 3.8) is 0 Å². The van der Waals surface area contributed by atoms with Gasteiger partial charge < -0.3 is 10.6 Å². The zero-order valence-electron chi connectivity index (χ0n) is 11.7. The highest BCUT2D eigenvalue weighted by atomic mass is 19.1. The maximum absolute atomic E-state index is 13.7. The molecule has 0 bridgehead atoms. The molecule has 3 heteroatoms. The van der Waals surface area contributed by atoms with Gasteiger partial charge in [-0.15, -0.1) is 0 Å². The van der Waals surface area contributed by atoms with Crippen LogP contribution in [0, 0.1) is 18.7 Å². The van der Waals surface area contributed by atoms with Crippen LogP contribution in [0.3, 0.4) is 0 Å². The predicted molar refractivity (Wildman–Crippen MR) is 74.3 cm³/mol. The summed E-state index contributed by atoms with van der Waals surface area (Å²) >= 11 is 0. The lowest BCUT2D eigenvalue weighted by molar-refractivity contribution is 0.611. The number of anilines is 1. The molecule has 1 heterocycles. The highest BCUT2D eigenvalue weighted by Crippen LogP contribution is 2.34. The Hall–Kier alpha value is -1.09. The van der Waals surface area contributed by atoms with Crippen LogP contribution in [0.1, 0.15) is 44.4 Å². The highest BCUT2D eigenvalue weighted by molar-refractivity contribution is 5.58. The number of nitrogens with two attached hydrogens (primary N) is 1. The third-order valence-electron chi connectivity index (χ3n) is 3.89. The summed E-state index contributed by atoms with van der Waals surface area (Å²) in [5.74, 6) is 0.525. The van der Waals surface area contributed by atoms with Crippen LogP contribution in [0.25, 0.3) is 0 Å². The second-order valence-corrected chi connectivity index (χ2v) is 5.79. The quantitative estimate of drug-likeness (QED) is 0.871. The topological polar surface area (TPSA) is 29.3 Å². The third-order valence-corrected chi connectivity index (χ3v) is 3.89. The molecule has 2 unspecified atom stereocenters. The third kappa shape index (κ3) is 2.37. The molecule has 1 saturated heterocycles. The molecule has 3 atom stereocenters. The minimum atomic E-state index is -0.161. The summed E-state index contributed by atoms with van der Waals surface area (Å²) in [5.41, 5.74) is 8.71. The zero-order chi connectivity index (χ0) is 13.4. The van der Waals surface area contributed by atoms with Gasteiger partial charge in [0.15, 0.2) is 0 Å². The van der Waals surface area contributed by atoms with Gasteiger partial charge in [0.1, 0.15) is 5.82 Å². The first-order valence-corrected chi connectivity index (χ1v) is 6.72. The van der Waals surface area contributed by atoms with Crippen LogP contribution in [0.15, 0.2) is 12.1 Å². The van der Waals surface area contributed by atoms with E-state index in [1.54, 1.807) is 6.07 Å². The molecule has 1 aliphatic heterocycles. The smallest absolute Gasteiger partial charge is 0.126 e. The van der Waals surface area contributed by atoms with E-state index in [1.165, 1.54) is 6.42 Å². The first-order valence-electron chi connectivity index (χ1n) is 6.72. The van der Waals surface area contributed by atoms with Gasteiger partial charge >= 0.3 is 0 Å². The average molecular weight is 250 g/mol. The summed E-state index contributed by atoms with van der Waals surface area (Å²) in [6.07, 6.45) is 1.19. The molecule has 0 aliphatic carbocycles. The molecule has 1 aromatic carbocycles. The fraction of sp³-hybridized carbons (Fsp3) is 0.600. The van der Waals surface area contributed by atoms with Gasteiger partial charge in [0.2, 0.25) is 0 Å². The van der Waals surface area contributed by atoms with Crippen LogP contribution >= 0.6 is 0 Å². The summed E-state index contributed by atoms with van der Waals surface area (Å²) in [5, 5.41) is 0. The Morgan fingerprint density at radius 1 is 1.39 bits per heavy atom. The van der Waals surface area contributed by atoms with Crippen molar-refractivity contribution in [2.45, 2.75) is 46.2 Å². The maximum Gasteiger partial charge on any atom is 0.126 e. The summed E-state index contributed by atoms with van der Waals surface area (Å²) < 4.78 is 13.7. The Bertz CT molecular complexity index is 442. The van der Waals surface area contributed by atoms with Crippen LogP contribution in [-0.2, 0) is 0 Å². The van der Waals surface area contributed by atoms with Gasteiger partial charge in [0.25, 0.3) is 0 Å². The molecule has 2 N–H and O–H groups in total. The van der Waals surface area contributed by atoms with Crippen LogP contribution in [0.5, 0.6) is 0 Å². The molecule has 0 spiro atoms. The van der Waals surface area contributed by atoms with E-state index in [0.717, 1.165) is 17.8 Å². The second-order valence-electron chi connectivity index (χ2n) is 5.79. The summed E-state index contributed by atoms with van der Waals surface area (Å²) in [7, 11) is 0. The van der Waals surface area contributed by atoms with Crippen molar-refractivity contribution in [1.29, 1.82) is 0 Å². The van der Waals surface area contributed by atoms with Gasteiger partial charge in [-0.1, -0.05) is 6.92 Å². The van der Waals surface area contributed by atoms with E-state index in [0.29, 0.717) is 17.5 Å². The van der Waals surface area contributed by atoms with E-state index in [9.17, 15) is 4.39 Å². The van der Waals surface area contributed by atoms with E-state index in [1.807, 2.05) is 19.9 Å². The molecule has 0 aromatic heterocycles. The SMILES string of the molecule is Cc1cc(N2CC(C)CC2C)c([C@H](C)N)cc1F. The van der Waals surface area contributed by atoms with Crippen molar-refractivity contribution in [3.8, 4) is 0 Å². The van der Waals surface area contributed by atoms with Crippen molar-refractivity contribution < 1.29 is 4.39 Å². The number of hydrogen-bond donors (Lipinski definition) is 1. The van der Waals surface area contributed by atoms with Crippen molar-refractivity contribution in [3.05, 3.63) is 29.1 Å². The van der Waals surface area contributed by atoms with Crippen LogP contribution in [0.2, 0.25) is 0 Å². The largest absolute Gasteiger partial charge is 0.368 e. The monoisotopic (exact) mass is 250 g/mol. The van der Waals surface area contributed by atoms with E-state index < -0.39 is 0 Å². The predicted octanol–water partition coefficient (Wildman–Crippen LogP) is 3.39. The van der Waals surface area contributed by atoms with Gasteiger partial charge in [0.05, 0.1) is 0 Å². The fourth-order valence-electron chi connectivity index (χ4n) is 2.93. The Balaban J connectivity index is 2.46. The molecule has 1 aliphatic rings. The van der Waals surface area contributed by atoms with Gasteiger partial charge in [-0.2, -0.15) is 0 Å². The lowest BCUT2D eigenvalue weighted by Gasteiger charge is -2.28. The van der Waals surface area contributed by atoms with E-state index >= 15 is 0 Å². The maximum atomic E-state index is 13.7. The van der Waals surface area contributed by atoms with Crippen molar-refractivity contribution >= 4 is 5.69 Å². The molecule has 0 amide bonds. The molecule has 1 fully saturated rings. The Kier molecular flexibility index (Phi) is 3.62. The average Bonchev–Trinajstić information content (AvgIpc) is 2.61. The Morgan fingerprint density at radius 2 is 2.06 bits per heavy atom. The molecule has 0 radical (unpaired) electrons. The standard InChI is InChI=1S/C15H23FN2/c1-9-5-11(3)18(8-9)15-6-10(2)14(16)7-13(15)12(4)17/h6-7,9,11-12H,5,8,17H2,1-4H3/t9?,11?,12-/m0/s1. The highest BCUT2D eigenvalue weighted by Gasteiger charge is 2.28. The first-order chi connectivity index (χ1) is 8.40. The van der Waals surface area contributed by atoms with Gasteiger partial charge in [-0.25, -0.2) is 4.39 Å². The zero-order valence-corrected chi connectivity index (χ0v) is 11.7. The first kappa shape index (κ1) is 13.3. The van der Waals surface area contributed by atoms with Crippen molar-refractivity contribution in [2.75, 3.05) is 11.4 Å². The molecule has 2 nitrogen and oxygen atoms in total. The Morgan fingerprint density at radius 3 is 2.56 bits per heavy atom. The van der Waals surface area contributed by atoms with Crippen LogP contribution in [-0.4, -0.2) is 12.6 Å². The molecule has 0 saturated carbocycles. The minimum Gasteiger partial charge on any atom is -0.368 e. The summed E-state index contributed by atoms with van der Waals surface area (Å²) in [6, 6.07) is 3.91. The van der Waals surface area contributed by atoms with Gasteiger partial charge in [-0.3, -0.25) is 0 Å². The molecule has 2 rings (SSSR count). The van der Waals surface area contributed by atoms with Crippen molar-refractivity contribution in [2.24, 2.45) is 11.7 Å². The number of nitrogens with zero attached hydrogens (tertiary/aromatic N) is 1. The number of halogens is 1. The molecule has 100 valence electrons. The number of aryl methyl sites for hydroxylation is 1. The molecule has 18 heavy (non-hydrogen) atoms. The van der Waals surface area contributed by atoms with E-state index in [-0.39, 0.29) is 11.9 Å². The second kappa shape index (κ2) is 4.88. The molecular weight excluding hydrogens is 227 g/mol. The lowest BCUT2D eigenvalue weighted by Crippen LogP contribution is -2.29. The molecular formula is C15H23FN2. The van der Waals surface area contributed by atoms with Crippen molar-refractivity contribution in [1.82, 2.24) is 0 Å². The Labute approximate surface area is 109 Å². The molecule has 1 aromatic rings. The van der Waals surface area contributed by atoms with Gasteiger partial charge in [0, 0.05) is 24.3 Å². The van der Waals surface area contributed by atoms with Crippen LogP contribution in [0.4, 0.5) is 10.1 Å². The summed E-state index contributed by atoms with van der Waals surface area (Å²) in [6.45, 7) is 9.25. The van der Waals surface area contributed by atoms with E-state index in [4.69, 9.17) is 5.73 Å².